The van der Waals surface area contributed by atoms with Crippen LogP contribution in [0.15, 0.2) is 18.2 Å². The highest BCUT2D eigenvalue weighted by molar-refractivity contribution is 7.19. The van der Waals surface area contributed by atoms with Gasteiger partial charge in [-0.3, -0.25) is 0 Å². The zero-order chi connectivity index (χ0) is 11.0. The largest absolute Gasteiger partial charge is 0.497 e. The molecule has 2 heterocycles. The fraction of sp³-hybridized carbons (Fsp3) is 0.385. The minimum absolute atomic E-state index is 0.963. The summed E-state index contributed by atoms with van der Waals surface area (Å²) in [6.07, 6.45) is 2.31. The van der Waals surface area contributed by atoms with E-state index in [0.717, 1.165) is 31.7 Å². The van der Waals surface area contributed by atoms with E-state index in [0.29, 0.717) is 0 Å². The lowest BCUT2D eigenvalue weighted by Gasteiger charge is -2.01. The van der Waals surface area contributed by atoms with E-state index in [1.165, 1.54) is 15.6 Å². The maximum atomic E-state index is 5.30. The van der Waals surface area contributed by atoms with Gasteiger partial charge in [-0.1, -0.05) is 0 Å². The molecule has 0 atom stereocenters. The molecule has 2 aromatic rings. The second-order valence-corrected chi connectivity index (χ2v) is 5.25. The van der Waals surface area contributed by atoms with Crippen LogP contribution < -0.4 is 10.1 Å². The monoisotopic (exact) mass is 233 g/mol. The van der Waals surface area contributed by atoms with Crippen molar-refractivity contribution in [3.05, 3.63) is 28.6 Å². The standard InChI is InChI=1S/C13H15NOS/c1-15-9-2-3-12-11(8-9)10-4-6-14-7-5-13(10)16-12/h2-3,8,14H,4-7H2,1H3. The Morgan fingerprint density at radius 3 is 3.00 bits per heavy atom. The van der Waals surface area contributed by atoms with Gasteiger partial charge in [-0.15, -0.1) is 11.3 Å². The summed E-state index contributed by atoms with van der Waals surface area (Å²) >= 11 is 1.94. The van der Waals surface area contributed by atoms with E-state index in [9.17, 15) is 0 Å². The lowest BCUT2D eigenvalue weighted by Crippen LogP contribution is -2.16. The Labute approximate surface area is 99.2 Å². The van der Waals surface area contributed by atoms with Crippen LogP contribution in [-0.4, -0.2) is 20.2 Å². The summed E-state index contributed by atoms with van der Waals surface area (Å²) in [5.41, 5.74) is 1.53. The van der Waals surface area contributed by atoms with Crippen LogP contribution in [0.25, 0.3) is 10.1 Å². The Hall–Kier alpha value is -1.06. The molecule has 3 rings (SSSR count). The van der Waals surface area contributed by atoms with E-state index in [-0.39, 0.29) is 0 Å². The maximum absolute atomic E-state index is 5.30. The number of methoxy groups -OCH3 is 1. The molecule has 0 aliphatic carbocycles. The molecule has 0 amide bonds. The van der Waals surface area contributed by atoms with Gasteiger partial charge < -0.3 is 10.1 Å². The number of fused-ring (bicyclic) bond motifs is 3. The molecule has 1 aliphatic heterocycles. The Bertz CT molecular complexity index is 518. The highest BCUT2D eigenvalue weighted by Gasteiger charge is 2.14. The predicted octanol–water partition coefficient (Wildman–Crippen LogP) is 2.60. The fourth-order valence-electron chi connectivity index (χ4n) is 2.32. The summed E-state index contributed by atoms with van der Waals surface area (Å²) in [5, 5.41) is 4.84. The first kappa shape index (κ1) is 10.1. The summed E-state index contributed by atoms with van der Waals surface area (Å²) in [7, 11) is 1.73. The average Bonchev–Trinajstić information content (AvgIpc) is 2.50. The van der Waals surface area contributed by atoms with Crippen LogP contribution in [-0.2, 0) is 12.8 Å². The number of benzene rings is 1. The van der Waals surface area contributed by atoms with E-state index < -0.39 is 0 Å². The summed E-state index contributed by atoms with van der Waals surface area (Å²) < 4.78 is 6.70. The summed E-state index contributed by atoms with van der Waals surface area (Å²) in [6.45, 7) is 2.20. The van der Waals surface area contributed by atoms with Crippen molar-refractivity contribution in [1.82, 2.24) is 5.32 Å². The number of hydrogen-bond donors (Lipinski definition) is 1. The van der Waals surface area contributed by atoms with Crippen molar-refractivity contribution in [1.29, 1.82) is 0 Å². The second-order valence-electron chi connectivity index (χ2n) is 4.12. The van der Waals surface area contributed by atoms with Crippen molar-refractivity contribution in [3.8, 4) is 5.75 Å². The minimum atomic E-state index is 0.963. The zero-order valence-corrected chi connectivity index (χ0v) is 10.2. The van der Waals surface area contributed by atoms with Crippen LogP contribution >= 0.6 is 11.3 Å². The highest BCUT2D eigenvalue weighted by Crippen LogP contribution is 2.34. The zero-order valence-electron chi connectivity index (χ0n) is 9.38. The van der Waals surface area contributed by atoms with E-state index in [2.05, 4.69) is 23.5 Å². The Kier molecular flexibility index (Phi) is 2.58. The molecule has 0 radical (unpaired) electrons. The Morgan fingerprint density at radius 1 is 1.25 bits per heavy atom. The van der Waals surface area contributed by atoms with Crippen LogP contribution in [0.2, 0.25) is 0 Å². The molecule has 1 aromatic heterocycles. The van der Waals surface area contributed by atoms with E-state index in [4.69, 9.17) is 4.74 Å². The van der Waals surface area contributed by atoms with Gasteiger partial charge in [-0.25, -0.2) is 0 Å². The SMILES string of the molecule is COc1ccc2sc3c(c2c1)CCNCC3. The number of hydrogen-bond acceptors (Lipinski definition) is 3. The molecule has 0 unspecified atom stereocenters. The third-order valence-corrected chi connectivity index (χ3v) is 4.44. The second kappa shape index (κ2) is 4.07. The van der Waals surface area contributed by atoms with Crippen LogP contribution in [0.1, 0.15) is 10.4 Å². The number of ether oxygens (including phenoxy) is 1. The van der Waals surface area contributed by atoms with Gasteiger partial charge in [0.05, 0.1) is 7.11 Å². The minimum Gasteiger partial charge on any atom is -0.497 e. The summed E-state index contributed by atoms with van der Waals surface area (Å²) in [6, 6.07) is 6.41. The first-order valence-electron chi connectivity index (χ1n) is 5.67. The quantitative estimate of drug-likeness (QED) is 0.817. The lowest BCUT2D eigenvalue weighted by atomic mass is 10.1. The molecule has 0 saturated carbocycles. The van der Waals surface area contributed by atoms with Gasteiger partial charge in [-0.05, 0) is 55.1 Å². The van der Waals surface area contributed by atoms with Gasteiger partial charge in [0.2, 0.25) is 0 Å². The van der Waals surface area contributed by atoms with Gasteiger partial charge in [0.15, 0.2) is 0 Å². The van der Waals surface area contributed by atoms with Crippen molar-refractivity contribution in [3.63, 3.8) is 0 Å². The summed E-state index contributed by atoms with van der Waals surface area (Å²) in [4.78, 5) is 1.55. The van der Waals surface area contributed by atoms with Crippen molar-refractivity contribution < 1.29 is 4.74 Å². The molecule has 3 heteroatoms. The topological polar surface area (TPSA) is 21.3 Å². The third kappa shape index (κ3) is 1.60. The van der Waals surface area contributed by atoms with Crippen molar-refractivity contribution >= 4 is 21.4 Å². The predicted molar refractivity (Wildman–Crippen MR) is 68.7 cm³/mol. The Morgan fingerprint density at radius 2 is 2.12 bits per heavy atom. The summed E-state index contributed by atoms with van der Waals surface area (Å²) in [5.74, 6) is 0.963. The van der Waals surface area contributed by atoms with Crippen molar-refractivity contribution in [2.45, 2.75) is 12.8 Å². The molecule has 0 bridgehead atoms. The molecule has 1 aromatic carbocycles. The van der Waals surface area contributed by atoms with E-state index >= 15 is 0 Å². The molecule has 1 N–H and O–H groups in total. The average molecular weight is 233 g/mol. The first-order chi connectivity index (χ1) is 7.88. The van der Waals surface area contributed by atoms with Gasteiger partial charge in [0.25, 0.3) is 0 Å². The number of thiophene rings is 1. The highest BCUT2D eigenvalue weighted by atomic mass is 32.1. The molecule has 1 aliphatic rings. The van der Waals surface area contributed by atoms with Crippen LogP contribution in [0.3, 0.4) is 0 Å². The Balaban J connectivity index is 2.19. The lowest BCUT2D eigenvalue weighted by molar-refractivity contribution is 0.415. The van der Waals surface area contributed by atoms with Gasteiger partial charge in [0.1, 0.15) is 5.75 Å². The van der Waals surface area contributed by atoms with E-state index in [1.54, 1.807) is 12.0 Å². The van der Waals surface area contributed by atoms with Crippen LogP contribution in [0.5, 0.6) is 5.75 Å². The first-order valence-corrected chi connectivity index (χ1v) is 6.49. The van der Waals surface area contributed by atoms with Crippen LogP contribution in [0, 0.1) is 0 Å². The molecular weight excluding hydrogens is 218 g/mol. The van der Waals surface area contributed by atoms with Gasteiger partial charge in [0, 0.05) is 9.58 Å². The number of rotatable bonds is 1. The number of nitrogens with one attached hydrogen (secondary N) is 1. The third-order valence-electron chi connectivity index (χ3n) is 3.16. The molecule has 2 nitrogen and oxygen atoms in total. The van der Waals surface area contributed by atoms with Gasteiger partial charge in [-0.2, -0.15) is 0 Å². The molecule has 16 heavy (non-hydrogen) atoms. The fourth-order valence-corrected chi connectivity index (χ4v) is 3.55. The molecule has 84 valence electrons. The maximum Gasteiger partial charge on any atom is 0.119 e. The van der Waals surface area contributed by atoms with Crippen LogP contribution in [0.4, 0.5) is 0 Å². The normalized spacial score (nSPS) is 15.8. The molecular formula is C13H15NOS. The van der Waals surface area contributed by atoms with Crippen molar-refractivity contribution in [2.24, 2.45) is 0 Å². The molecule has 0 spiro atoms. The van der Waals surface area contributed by atoms with E-state index in [1.807, 2.05) is 11.3 Å². The van der Waals surface area contributed by atoms with Gasteiger partial charge >= 0.3 is 0 Å². The smallest absolute Gasteiger partial charge is 0.119 e. The molecule has 0 saturated heterocycles. The molecule has 0 fully saturated rings. The van der Waals surface area contributed by atoms with Crippen molar-refractivity contribution in [2.75, 3.05) is 20.2 Å².